The summed E-state index contributed by atoms with van der Waals surface area (Å²) in [4.78, 5) is 21.1. The topological polar surface area (TPSA) is 48.5 Å². The van der Waals surface area contributed by atoms with Crippen LogP contribution >= 0.6 is 23.2 Å². The number of amides is 1. The molecule has 5 nitrogen and oxygen atoms in total. The molecule has 1 amide bonds. The van der Waals surface area contributed by atoms with E-state index in [4.69, 9.17) is 23.2 Å². The van der Waals surface area contributed by atoms with E-state index in [0.29, 0.717) is 21.4 Å². The van der Waals surface area contributed by atoms with Crippen LogP contribution < -0.4 is 10.2 Å². The Hall–Kier alpha value is -1.82. The second-order valence-electron chi connectivity index (χ2n) is 5.77. The minimum atomic E-state index is -0.279. The minimum absolute atomic E-state index is 0.279. The summed E-state index contributed by atoms with van der Waals surface area (Å²) < 4.78 is 0. The number of carbonyl (C=O) groups is 1. The largest absolute Gasteiger partial charge is 0.368 e. The van der Waals surface area contributed by atoms with Gasteiger partial charge in [-0.1, -0.05) is 23.2 Å². The first kappa shape index (κ1) is 17.0. The Morgan fingerprint density at radius 1 is 1.08 bits per heavy atom. The van der Waals surface area contributed by atoms with Crippen molar-refractivity contribution in [2.45, 2.75) is 0 Å². The Kier molecular flexibility index (Phi) is 5.23. The predicted octanol–water partition coefficient (Wildman–Crippen LogP) is 3.39. The van der Waals surface area contributed by atoms with E-state index in [2.05, 4.69) is 27.1 Å². The molecule has 126 valence electrons. The molecule has 2 aromatic rings. The number of nitrogens with zero attached hydrogens (tertiary/aromatic N) is 3. The van der Waals surface area contributed by atoms with Gasteiger partial charge in [-0.2, -0.15) is 0 Å². The van der Waals surface area contributed by atoms with Gasteiger partial charge >= 0.3 is 0 Å². The van der Waals surface area contributed by atoms with Crippen molar-refractivity contribution < 1.29 is 4.79 Å². The highest BCUT2D eigenvalue weighted by molar-refractivity contribution is 6.42. The van der Waals surface area contributed by atoms with Crippen LogP contribution in [0.15, 0.2) is 36.5 Å². The number of likely N-dealkylation sites (N-methyl/N-ethyl adjacent to an activating group) is 1. The Morgan fingerprint density at radius 3 is 2.46 bits per heavy atom. The first-order valence-electron chi connectivity index (χ1n) is 7.69. The maximum Gasteiger partial charge on any atom is 0.274 e. The van der Waals surface area contributed by atoms with Gasteiger partial charge in [-0.3, -0.25) is 4.79 Å². The van der Waals surface area contributed by atoms with Gasteiger partial charge in [-0.25, -0.2) is 4.98 Å². The molecule has 0 saturated carbocycles. The smallest absolute Gasteiger partial charge is 0.274 e. The molecular formula is C17H18Cl2N4O. The number of hydrogen-bond donors (Lipinski definition) is 1. The number of rotatable bonds is 3. The van der Waals surface area contributed by atoms with Crippen molar-refractivity contribution in [3.8, 4) is 0 Å². The van der Waals surface area contributed by atoms with Gasteiger partial charge in [-0.15, -0.1) is 0 Å². The molecule has 0 bridgehead atoms. The first-order valence-corrected chi connectivity index (χ1v) is 8.44. The van der Waals surface area contributed by atoms with Crippen LogP contribution in [0.2, 0.25) is 10.0 Å². The van der Waals surface area contributed by atoms with Crippen LogP contribution in [0.1, 0.15) is 10.5 Å². The zero-order valence-electron chi connectivity index (χ0n) is 13.3. The number of pyridine rings is 1. The van der Waals surface area contributed by atoms with Gasteiger partial charge in [0.15, 0.2) is 0 Å². The molecule has 1 aromatic carbocycles. The van der Waals surface area contributed by atoms with Crippen LogP contribution in [0, 0.1) is 0 Å². The number of piperazine rings is 1. The quantitative estimate of drug-likeness (QED) is 0.906. The lowest BCUT2D eigenvalue weighted by Crippen LogP contribution is -2.44. The van der Waals surface area contributed by atoms with E-state index in [1.165, 1.54) is 0 Å². The lowest BCUT2D eigenvalue weighted by molar-refractivity contribution is 0.102. The van der Waals surface area contributed by atoms with E-state index in [1.54, 1.807) is 30.5 Å². The van der Waals surface area contributed by atoms with E-state index in [1.807, 2.05) is 6.07 Å². The van der Waals surface area contributed by atoms with Crippen molar-refractivity contribution in [1.29, 1.82) is 0 Å². The normalized spacial score (nSPS) is 15.4. The van der Waals surface area contributed by atoms with Gasteiger partial charge in [0.2, 0.25) is 0 Å². The molecular weight excluding hydrogens is 347 g/mol. The van der Waals surface area contributed by atoms with Crippen molar-refractivity contribution >= 4 is 40.5 Å². The van der Waals surface area contributed by atoms with E-state index < -0.39 is 0 Å². The monoisotopic (exact) mass is 364 g/mol. The molecule has 0 spiro atoms. The Labute approximate surface area is 151 Å². The lowest BCUT2D eigenvalue weighted by atomic mass is 10.2. The molecule has 1 aliphatic heterocycles. The molecule has 1 aromatic heterocycles. The molecule has 1 saturated heterocycles. The van der Waals surface area contributed by atoms with Crippen LogP contribution in [0.3, 0.4) is 0 Å². The average molecular weight is 365 g/mol. The maximum absolute atomic E-state index is 12.3. The molecule has 1 N–H and O–H groups in total. The van der Waals surface area contributed by atoms with Crippen LogP contribution in [-0.4, -0.2) is 49.0 Å². The van der Waals surface area contributed by atoms with Crippen molar-refractivity contribution in [1.82, 2.24) is 9.88 Å². The number of halogens is 2. The molecule has 0 atom stereocenters. The molecule has 0 aliphatic carbocycles. The second kappa shape index (κ2) is 7.38. The number of nitrogens with one attached hydrogen (secondary N) is 1. The first-order chi connectivity index (χ1) is 11.5. The predicted molar refractivity (Wildman–Crippen MR) is 98.4 cm³/mol. The molecule has 1 aliphatic rings. The van der Waals surface area contributed by atoms with E-state index in [9.17, 15) is 4.79 Å². The standard InChI is InChI=1S/C17H18Cl2N4O/c1-22-6-8-23(9-7-22)13-3-5-16(20-11-13)17(24)21-12-2-4-14(18)15(19)10-12/h2-5,10-11H,6-9H2,1H3,(H,21,24). The average Bonchev–Trinajstić information content (AvgIpc) is 2.59. The summed E-state index contributed by atoms with van der Waals surface area (Å²) >= 11 is 11.8. The summed E-state index contributed by atoms with van der Waals surface area (Å²) in [7, 11) is 2.12. The Bertz CT molecular complexity index is 728. The maximum atomic E-state index is 12.3. The highest BCUT2D eigenvalue weighted by Gasteiger charge is 2.15. The van der Waals surface area contributed by atoms with Crippen molar-refractivity contribution in [3.63, 3.8) is 0 Å². The van der Waals surface area contributed by atoms with E-state index in [0.717, 1.165) is 31.9 Å². The number of anilines is 2. The zero-order valence-corrected chi connectivity index (χ0v) is 14.8. The van der Waals surface area contributed by atoms with Crippen LogP contribution in [0.5, 0.6) is 0 Å². The van der Waals surface area contributed by atoms with Crippen molar-refractivity contribution in [2.75, 3.05) is 43.4 Å². The number of benzene rings is 1. The summed E-state index contributed by atoms with van der Waals surface area (Å²) in [5.74, 6) is -0.279. The highest BCUT2D eigenvalue weighted by atomic mass is 35.5. The third kappa shape index (κ3) is 3.98. The number of carbonyl (C=O) groups excluding carboxylic acids is 1. The van der Waals surface area contributed by atoms with Crippen LogP contribution in [0.25, 0.3) is 0 Å². The zero-order chi connectivity index (χ0) is 17.1. The second-order valence-corrected chi connectivity index (χ2v) is 6.59. The molecule has 1 fully saturated rings. The van der Waals surface area contributed by atoms with Crippen molar-refractivity contribution in [3.05, 3.63) is 52.3 Å². The molecule has 2 heterocycles. The Balaban J connectivity index is 1.66. The van der Waals surface area contributed by atoms with Crippen LogP contribution in [-0.2, 0) is 0 Å². The molecule has 24 heavy (non-hydrogen) atoms. The third-order valence-corrected chi connectivity index (χ3v) is 4.77. The molecule has 7 heteroatoms. The summed E-state index contributed by atoms with van der Waals surface area (Å²) in [6.07, 6.45) is 1.75. The molecule has 0 unspecified atom stereocenters. The fourth-order valence-corrected chi connectivity index (χ4v) is 2.84. The van der Waals surface area contributed by atoms with E-state index in [-0.39, 0.29) is 5.91 Å². The van der Waals surface area contributed by atoms with Gasteiger partial charge in [0, 0.05) is 31.9 Å². The van der Waals surface area contributed by atoms with Crippen molar-refractivity contribution in [2.24, 2.45) is 0 Å². The van der Waals surface area contributed by atoms with Gasteiger partial charge in [0.25, 0.3) is 5.91 Å². The SMILES string of the molecule is CN1CCN(c2ccc(C(=O)Nc3ccc(Cl)c(Cl)c3)nc2)CC1. The highest BCUT2D eigenvalue weighted by Crippen LogP contribution is 2.25. The minimum Gasteiger partial charge on any atom is -0.368 e. The number of aromatic nitrogens is 1. The summed E-state index contributed by atoms with van der Waals surface area (Å²) in [5, 5.41) is 3.61. The van der Waals surface area contributed by atoms with Gasteiger partial charge in [0.1, 0.15) is 5.69 Å². The summed E-state index contributed by atoms with van der Waals surface area (Å²) in [6, 6.07) is 8.62. The van der Waals surface area contributed by atoms with E-state index >= 15 is 0 Å². The third-order valence-electron chi connectivity index (χ3n) is 4.03. The summed E-state index contributed by atoms with van der Waals surface area (Å²) in [6.45, 7) is 3.99. The fourth-order valence-electron chi connectivity index (χ4n) is 2.54. The van der Waals surface area contributed by atoms with Gasteiger partial charge < -0.3 is 15.1 Å². The Morgan fingerprint density at radius 2 is 1.83 bits per heavy atom. The lowest BCUT2D eigenvalue weighted by Gasteiger charge is -2.33. The summed E-state index contributed by atoms with van der Waals surface area (Å²) in [5.41, 5.74) is 1.98. The molecule has 3 rings (SSSR count). The fraction of sp³-hybridized carbons (Fsp3) is 0.294. The van der Waals surface area contributed by atoms with Gasteiger partial charge in [-0.05, 0) is 37.4 Å². The van der Waals surface area contributed by atoms with Crippen LogP contribution in [0.4, 0.5) is 11.4 Å². The number of hydrogen-bond acceptors (Lipinski definition) is 4. The van der Waals surface area contributed by atoms with Gasteiger partial charge in [0.05, 0.1) is 21.9 Å². The molecule has 0 radical (unpaired) electrons.